The zero-order valence-electron chi connectivity index (χ0n) is 11.7. The highest BCUT2D eigenvalue weighted by Gasteiger charge is 2.33. The molecule has 0 atom stereocenters. The van der Waals surface area contributed by atoms with Crippen LogP contribution in [-0.4, -0.2) is 32.8 Å². The van der Waals surface area contributed by atoms with Crippen LogP contribution in [-0.2, 0) is 11.3 Å². The van der Waals surface area contributed by atoms with Crippen molar-refractivity contribution in [1.29, 1.82) is 0 Å². The van der Waals surface area contributed by atoms with Crippen molar-refractivity contribution in [3.63, 3.8) is 0 Å². The van der Waals surface area contributed by atoms with Crippen LogP contribution in [0.2, 0.25) is 0 Å². The summed E-state index contributed by atoms with van der Waals surface area (Å²) in [6, 6.07) is 4.30. The van der Waals surface area contributed by atoms with E-state index < -0.39 is 0 Å². The van der Waals surface area contributed by atoms with Crippen molar-refractivity contribution < 1.29 is 4.74 Å². The van der Waals surface area contributed by atoms with Gasteiger partial charge in [0.15, 0.2) is 5.96 Å². The van der Waals surface area contributed by atoms with Gasteiger partial charge in [0.25, 0.3) is 0 Å². The summed E-state index contributed by atoms with van der Waals surface area (Å²) in [5.74, 6) is 0.856. The first kappa shape index (κ1) is 16.7. The van der Waals surface area contributed by atoms with Gasteiger partial charge in [-0.2, -0.15) is 0 Å². The zero-order valence-corrected chi connectivity index (χ0v) is 14.8. The normalized spacial score (nSPS) is 17.3. The smallest absolute Gasteiger partial charge is 0.191 e. The van der Waals surface area contributed by atoms with Crippen LogP contribution in [0.1, 0.15) is 16.7 Å². The average molecular weight is 395 g/mol. The number of ether oxygens (including phenoxy) is 1. The van der Waals surface area contributed by atoms with Gasteiger partial charge < -0.3 is 15.4 Å². The molecule has 19 heavy (non-hydrogen) atoms. The molecule has 0 bridgehead atoms. The highest BCUT2D eigenvalue weighted by molar-refractivity contribution is 14.0. The van der Waals surface area contributed by atoms with Gasteiger partial charge in [0.1, 0.15) is 0 Å². The van der Waals surface area contributed by atoms with E-state index in [2.05, 4.69) is 41.6 Å². The van der Waals surface area contributed by atoms with Gasteiger partial charge in [-0.15, -0.1) is 35.3 Å². The van der Waals surface area contributed by atoms with Crippen molar-refractivity contribution >= 4 is 41.3 Å². The molecule has 1 aliphatic rings. The number of hydrogen-bond acceptors (Lipinski definition) is 3. The van der Waals surface area contributed by atoms with Gasteiger partial charge in [-0.05, 0) is 19.1 Å². The quantitative estimate of drug-likeness (QED) is 0.468. The van der Waals surface area contributed by atoms with Crippen molar-refractivity contribution in [3.8, 4) is 0 Å². The van der Waals surface area contributed by atoms with Crippen molar-refractivity contribution in [2.45, 2.75) is 20.4 Å². The second-order valence-electron chi connectivity index (χ2n) is 5.10. The molecule has 1 aromatic heterocycles. The topological polar surface area (TPSA) is 45.7 Å². The summed E-state index contributed by atoms with van der Waals surface area (Å²) >= 11 is 1.81. The maximum Gasteiger partial charge on any atom is 0.191 e. The van der Waals surface area contributed by atoms with E-state index in [4.69, 9.17) is 4.74 Å². The number of halogens is 1. The second-order valence-corrected chi connectivity index (χ2v) is 6.47. The first-order valence-corrected chi connectivity index (χ1v) is 7.00. The standard InChI is InChI=1S/C13H21N3OS.HI/c1-10-4-5-11(18-10)6-15-12(14-3)16-7-13(2)8-17-9-13;/h4-5H,6-9H2,1-3H3,(H2,14,15,16);1H. The first-order valence-electron chi connectivity index (χ1n) is 6.19. The molecule has 0 radical (unpaired) electrons. The molecule has 2 heterocycles. The van der Waals surface area contributed by atoms with Crippen LogP contribution < -0.4 is 10.6 Å². The Kier molecular flexibility index (Phi) is 6.55. The average Bonchev–Trinajstić information content (AvgIpc) is 2.73. The summed E-state index contributed by atoms with van der Waals surface area (Å²) in [5, 5.41) is 6.68. The Morgan fingerprint density at radius 3 is 2.63 bits per heavy atom. The molecule has 1 aliphatic heterocycles. The molecule has 0 saturated carbocycles. The second kappa shape index (κ2) is 7.44. The minimum Gasteiger partial charge on any atom is -0.380 e. The molecule has 4 nitrogen and oxygen atoms in total. The van der Waals surface area contributed by atoms with E-state index >= 15 is 0 Å². The molecule has 1 fully saturated rings. The highest BCUT2D eigenvalue weighted by atomic mass is 127. The Bertz CT molecular complexity index is 429. The largest absolute Gasteiger partial charge is 0.380 e. The summed E-state index contributed by atoms with van der Waals surface area (Å²) in [5.41, 5.74) is 0.261. The molecule has 1 saturated heterocycles. The minimum atomic E-state index is 0. The maximum atomic E-state index is 5.24. The van der Waals surface area contributed by atoms with Crippen LogP contribution in [0.25, 0.3) is 0 Å². The molecular formula is C13H22IN3OS. The molecule has 0 amide bonds. The Balaban J connectivity index is 0.00000180. The van der Waals surface area contributed by atoms with Crippen LogP contribution in [0.4, 0.5) is 0 Å². The molecular weight excluding hydrogens is 373 g/mol. The van der Waals surface area contributed by atoms with Gasteiger partial charge in [-0.1, -0.05) is 6.92 Å². The van der Waals surface area contributed by atoms with E-state index in [0.717, 1.165) is 32.3 Å². The molecule has 0 aromatic carbocycles. The fourth-order valence-corrected chi connectivity index (χ4v) is 2.65. The first-order chi connectivity index (χ1) is 8.61. The number of nitrogens with zero attached hydrogens (tertiary/aromatic N) is 1. The summed E-state index contributed by atoms with van der Waals surface area (Å²) in [6.45, 7) is 7.74. The Morgan fingerprint density at radius 1 is 1.42 bits per heavy atom. The predicted octanol–water partition coefficient (Wildman–Crippen LogP) is 2.38. The molecule has 0 spiro atoms. The monoisotopic (exact) mass is 395 g/mol. The maximum absolute atomic E-state index is 5.24. The van der Waals surface area contributed by atoms with E-state index in [1.165, 1.54) is 9.75 Å². The lowest BCUT2D eigenvalue weighted by Crippen LogP contribution is -2.50. The van der Waals surface area contributed by atoms with Crippen LogP contribution in [0.5, 0.6) is 0 Å². The lowest BCUT2D eigenvalue weighted by molar-refractivity contribution is -0.0971. The molecule has 1 aromatic rings. The molecule has 0 unspecified atom stereocenters. The number of hydrogen-bond donors (Lipinski definition) is 2. The van der Waals surface area contributed by atoms with Crippen molar-refractivity contribution in [2.24, 2.45) is 10.4 Å². The Labute approximate surface area is 136 Å². The number of nitrogens with one attached hydrogen (secondary N) is 2. The SMILES string of the molecule is CN=C(NCc1ccc(C)s1)NCC1(C)COC1.I. The summed E-state index contributed by atoms with van der Waals surface area (Å²) in [4.78, 5) is 6.90. The van der Waals surface area contributed by atoms with Gasteiger partial charge in [-0.3, -0.25) is 4.99 Å². The Hall–Kier alpha value is -0.340. The lowest BCUT2D eigenvalue weighted by Gasteiger charge is -2.38. The molecule has 6 heteroatoms. The van der Waals surface area contributed by atoms with Gasteiger partial charge in [0.2, 0.25) is 0 Å². The van der Waals surface area contributed by atoms with Crippen LogP contribution in [0.3, 0.4) is 0 Å². The van der Waals surface area contributed by atoms with Crippen LogP contribution >= 0.6 is 35.3 Å². The Morgan fingerprint density at radius 2 is 2.16 bits per heavy atom. The summed E-state index contributed by atoms with van der Waals surface area (Å²) < 4.78 is 5.24. The van der Waals surface area contributed by atoms with Gasteiger partial charge >= 0.3 is 0 Å². The number of aryl methyl sites for hydroxylation is 1. The zero-order chi connectivity index (χ0) is 13.0. The van der Waals surface area contributed by atoms with Crippen molar-refractivity contribution in [2.75, 3.05) is 26.8 Å². The van der Waals surface area contributed by atoms with Gasteiger partial charge in [0.05, 0.1) is 19.8 Å². The van der Waals surface area contributed by atoms with Crippen molar-refractivity contribution in [3.05, 3.63) is 21.9 Å². The predicted molar refractivity (Wildman–Crippen MR) is 91.6 cm³/mol. The van der Waals surface area contributed by atoms with Crippen LogP contribution in [0, 0.1) is 12.3 Å². The van der Waals surface area contributed by atoms with E-state index in [9.17, 15) is 0 Å². The molecule has 108 valence electrons. The lowest BCUT2D eigenvalue weighted by atomic mass is 9.89. The highest BCUT2D eigenvalue weighted by Crippen LogP contribution is 2.24. The minimum absolute atomic E-state index is 0. The van der Waals surface area contributed by atoms with Crippen molar-refractivity contribution in [1.82, 2.24) is 10.6 Å². The van der Waals surface area contributed by atoms with E-state index in [1.54, 1.807) is 7.05 Å². The fourth-order valence-electron chi connectivity index (χ4n) is 1.82. The number of rotatable bonds is 4. The molecule has 2 rings (SSSR count). The van der Waals surface area contributed by atoms with Gasteiger partial charge in [-0.25, -0.2) is 0 Å². The van der Waals surface area contributed by atoms with Crippen LogP contribution in [0.15, 0.2) is 17.1 Å². The number of guanidine groups is 1. The third-order valence-electron chi connectivity index (χ3n) is 3.03. The molecule has 2 N–H and O–H groups in total. The summed E-state index contributed by atoms with van der Waals surface area (Å²) in [7, 11) is 1.80. The van der Waals surface area contributed by atoms with Gasteiger partial charge in [0, 0.05) is 28.8 Å². The third-order valence-corrected chi connectivity index (χ3v) is 4.03. The van der Waals surface area contributed by atoms with E-state index in [1.807, 2.05) is 11.3 Å². The number of aliphatic imine (C=N–C) groups is 1. The third kappa shape index (κ3) is 4.92. The van der Waals surface area contributed by atoms with E-state index in [-0.39, 0.29) is 29.4 Å². The van der Waals surface area contributed by atoms with E-state index in [0.29, 0.717) is 0 Å². The fraction of sp³-hybridized carbons (Fsp3) is 0.615. The summed E-state index contributed by atoms with van der Waals surface area (Å²) in [6.07, 6.45) is 0. The molecule has 0 aliphatic carbocycles. The number of thiophene rings is 1.